The van der Waals surface area contributed by atoms with Gasteiger partial charge in [-0.3, -0.25) is 0 Å². The second-order valence-electron chi connectivity index (χ2n) is 4.34. The Hall–Kier alpha value is -1.91. The lowest BCUT2D eigenvalue weighted by molar-refractivity contribution is 0.243. The van der Waals surface area contributed by atoms with Crippen molar-refractivity contribution in [3.05, 3.63) is 65.5 Å². The molecule has 19 heavy (non-hydrogen) atoms. The van der Waals surface area contributed by atoms with E-state index >= 15 is 0 Å². The van der Waals surface area contributed by atoms with Crippen molar-refractivity contribution in [2.24, 2.45) is 0 Å². The smallest absolute Gasteiger partial charge is 0.127 e. The Kier molecular flexibility index (Phi) is 4.49. The lowest BCUT2D eigenvalue weighted by atomic mass is 10.1. The van der Waals surface area contributed by atoms with Gasteiger partial charge in [0.25, 0.3) is 0 Å². The number of aliphatic hydroxyl groups is 1. The third-order valence-electron chi connectivity index (χ3n) is 2.88. The molecule has 3 nitrogen and oxygen atoms in total. The number of halogens is 1. The molecule has 0 fully saturated rings. The third kappa shape index (κ3) is 3.77. The Bertz CT molecular complexity index is 511. The number of rotatable bonds is 5. The van der Waals surface area contributed by atoms with Crippen LogP contribution in [-0.2, 0) is 6.54 Å². The van der Waals surface area contributed by atoms with Crippen LogP contribution in [-0.4, -0.2) is 16.8 Å². The fourth-order valence-electron chi connectivity index (χ4n) is 1.95. The van der Waals surface area contributed by atoms with Crippen LogP contribution < -0.4 is 5.32 Å². The first-order valence-corrected chi connectivity index (χ1v) is 6.06. The Morgan fingerprint density at radius 2 is 1.84 bits per heavy atom. The average Bonchev–Trinajstić information content (AvgIpc) is 2.39. The molecule has 0 saturated heterocycles. The molecule has 2 aromatic carbocycles. The Balaban J connectivity index is 2.04. The van der Waals surface area contributed by atoms with E-state index < -0.39 is 5.82 Å². The van der Waals surface area contributed by atoms with Crippen molar-refractivity contribution >= 4 is 0 Å². The van der Waals surface area contributed by atoms with Gasteiger partial charge < -0.3 is 15.5 Å². The Morgan fingerprint density at radius 3 is 2.47 bits per heavy atom. The fraction of sp³-hybridized carbons (Fsp3) is 0.200. The second kappa shape index (κ2) is 6.31. The van der Waals surface area contributed by atoms with Crippen molar-refractivity contribution < 1.29 is 14.6 Å². The van der Waals surface area contributed by atoms with Gasteiger partial charge in [0, 0.05) is 12.6 Å². The molecule has 0 aliphatic heterocycles. The monoisotopic (exact) mass is 261 g/mol. The van der Waals surface area contributed by atoms with Gasteiger partial charge in [0.05, 0.1) is 12.6 Å². The van der Waals surface area contributed by atoms with Gasteiger partial charge >= 0.3 is 0 Å². The van der Waals surface area contributed by atoms with Crippen molar-refractivity contribution in [2.45, 2.75) is 12.6 Å². The van der Waals surface area contributed by atoms with Crippen LogP contribution in [0.1, 0.15) is 17.2 Å². The van der Waals surface area contributed by atoms with Gasteiger partial charge in [0.2, 0.25) is 0 Å². The molecule has 0 aliphatic rings. The summed E-state index contributed by atoms with van der Waals surface area (Å²) in [4.78, 5) is 0. The molecule has 0 heterocycles. The maximum absolute atomic E-state index is 13.1. The van der Waals surface area contributed by atoms with Crippen LogP contribution in [0.15, 0.2) is 48.5 Å². The van der Waals surface area contributed by atoms with E-state index in [1.165, 1.54) is 12.1 Å². The molecule has 3 N–H and O–H groups in total. The first-order valence-electron chi connectivity index (χ1n) is 6.06. The summed E-state index contributed by atoms with van der Waals surface area (Å²) in [6, 6.07) is 13.2. The normalized spacial score (nSPS) is 12.3. The molecule has 0 bridgehead atoms. The van der Waals surface area contributed by atoms with Crippen LogP contribution in [0.5, 0.6) is 5.75 Å². The van der Waals surface area contributed by atoms with Crippen LogP contribution in [0.25, 0.3) is 0 Å². The summed E-state index contributed by atoms with van der Waals surface area (Å²) in [7, 11) is 0. The largest absolute Gasteiger partial charge is 0.508 e. The van der Waals surface area contributed by atoms with Gasteiger partial charge in [-0.15, -0.1) is 0 Å². The highest BCUT2D eigenvalue weighted by Gasteiger charge is 2.09. The minimum atomic E-state index is -0.475. The number of benzene rings is 2. The molecular formula is C15H16FNO2. The lowest BCUT2D eigenvalue weighted by Gasteiger charge is -2.16. The molecule has 0 aliphatic carbocycles. The van der Waals surface area contributed by atoms with Gasteiger partial charge in [-0.05, 0) is 23.3 Å². The fourth-order valence-corrected chi connectivity index (χ4v) is 1.95. The number of nitrogens with one attached hydrogen (secondary N) is 1. The number of phenolic OH excluding ortho intramolecular Hbond substituents is 1. The van der Waals surface area contributed by atoms with Crippen molar-refractivity contribution in [3.63, 3.8) is 0 Å². The number of hydrogen-bond donors (Lipinski definition) is 3. The number of hydrogen-bond acceptors (Lipinski definition) is 3. The summed E-state index contributed by atoms with van der Waals surface area (Å²) >= 11 is 0. The predicted molar refractivity (Wildman–Crippen MR) is 71.2 cm³/mol. The molecule has 0 aromatic heterocycles. The molecule has 0 radical (unpaired) electrons. The highest BCUT2D eigenvalue weighted by molar-refractivity contribution is 5.28. The highest BCUT2D eigenvalue weighted by Crippen LogP contribution is 2.16. The third-order valence-corrected chi connectivity index (χ3v) is 2.88. The summed E-state index contributed by atoms with van der Waals surface area (Å²) in [5.74, 6) is -0.575. The second-order valence-corrected chi connectivity index (χ2v) is 4.34. The summed E-state index contributed by atoms with van der Waals surface area (Å²) in [6.07, 6.45) is 0. The molecule has 100 valence electrons. The van der Waals surface area contributed by atoms with Crippen LogP contribution in [0, 0.1) is 5.82 Å². The number of aromatic hydroxyl groups is 1. The van der Waals surface area contributed by atoms with Crippen LogP contribution in [0.2, 0.25) is 0 Å². The van der Waals surface area contributed by atoms with Crippen molar-refractivity contribution in [1.82, 2.24) is 5.32 Å². The molecule has 4 heteroatoms. The van der Waals surface area contributed by atoms with E-state index in [-0.39, 0.29) is 18.4 Å². The maximum Gasteiger partial charge on any atom is 0.127 e. The van der Waals surface area contributed by atoms with Crippen molar-refractivity contribution in [2.75, 3.05) is 6.61 Å². The summed E-state index contributed by atoms with van der Waals surface area (Å²) in [5.41, 5.74) is 1.59. The van der Waals surface area contributed by atoms with E-state index in [4.69, 9.17) is 0 Å². The van der Waals surface area contributed by atoms with Gasteiger partial charge in [-0.1, -0.05) is 30.3 Å². The lowest BCUT2D eigenvalue weighted by Crippen LogP contribution is -2.23. The summed E-state index contributed by atoms with van der Waals surface area (Å²) in [6.45, 7) is 0.316. The zero-order chi connectivity index (χ0) is 13.7. The predicted octanol–water partition coefficient (Wildman–Crippen LogP) is 2.35. The zero-order valence-corrected chi connectivity index (χ0v) is 10.4. The maximum atomic E-state index is 13.1. The van der Waals surface area contributed by atoms with Crippen LogP contribution in [0.4, 0.5) is 4.39 Å². The molecule has 1 unspecified atom stereocenters. The van der Waals surface area contributed by atoms with E-state index in [1.807, 2.05) is 30.3 Å². The van der Waals surface area contributed by atoms with E-state index in [0.717, 1.165) is 11.6 Å². The quantitative estimate of drug-likeness (QED) is 0.774. The molecule has 2 aromatic rings. The highest BCUT2D eigenvalue weighted by atomic mass is 19.1. The molecule has 0 spiro atoms. The van der Waals surface area contributed by atoms with Crippen LogP contribution >= 0.6 is 0 Å². The molecule has 2 rings (SSSR count). The Morgan fingerprint density at radius 1 is 1.11 bits per heavy atom. The van der Waals surface area contributed by atoms with Gasteiger partial charge in [-0.2, -0.15) is 0 Å². The van der Waals surface area contributed by atoms with Crippen molar-refractivity contribution in [1.29, 1.82) is 0 Å². The number of aliphatic hydroxyl groups excluding tert-OH is 1. The van der Waals surface area contributed by atoms with Crippen LogP contribution in [0.3, 0.4) is 0 Å². The number of phenols is 1. The Labute approximate surface area is 111 Å². The van der Waals surface area contributed by atoms with E-state index in [0.29, 0.717) is 12.1 Å². The van der Waals surface area contributed by atoms with Crippen molar-refractivity contribution in [3.8, 4) is 5.75 Å². The minimum Gasteiger partial charge on any atom is -0.508 e. The first kappa shape index (κ1) is 13.5. The molecule has 1 atom stereocenters. The molecule has 0 saturated carbocycles. The van der Waals surface area contributed by atoms with E-state index in [1.54, 1.807) is 0 Å². The minimum absolute atomic E-state index is 0.0503. The topological polar surface area (TPSA) is 52.5 Å². The molecular weight excluding hydrogens is 245 g/mol. The standard InChI is InChI=1S/C15H16FNO2/c16-13-6-11(7-14(19)8-13)9-17-15(10-18)12-4-2-1-3-5-12/h1-8,15,17-19H,9-10H2. The zero-order valence-electron chi connectivity index (χ0n) is 10.4. The summed E-state index contributed by atoms with van der Waals surface area (Å²) in [5, 5.41) is 21.8. The van der Waals surface area contributed by atoms with Gasteiger partial charge in [0.1, 0.15) is 11.6 Å². The molecule has 0 amide bonds. The van der Waals surface area contributed by atoms with E-state index in [2.05, 4.69) is 5.32 Å². The summed E-state index contributed by atoms with van der Waals surface area (Å²) < 4.78 is 13.1. The van der Waals surface area contributed by atoms with Gasteiger partial charge in [0.15, 0.2) is 0 Å². The van der Waals surface area contributed by atoms with E-state index in [9.17, 15) is 14.6 Å². The SMILES string of the molecule is OCC(NCc1cc(O)cc(F)c1)c1ccccc1. The first-order chi connectivity index (χ1) is 9.19. The van der Waals surface area contributed by atoms with Gasteiger partial charge in [-0.25, -0.2) is 4.39 Å². The average molecular weight is 261 g/mol.